The van der Waals surface area contributed by atoms with Crippen LogP contribution in [0, 0.1) is 6.92 Å². The molecule has 0 spiro atoms. The fourth-order valence-electron chi connectivity index (χ4n) is 3.16. The first-order chi connectivity index (χ1) is 13.3. The predicted molar refractivity (Wildman–Crippen MR) is 118 cm³/mol. The molecule has 1 unspecified atom stereocenters. The molecule has 0 bridgehead atoms. The molecule has 3 N–H and O–H groups in total. The minimum atomic E-state index is -1.33. The number of aryl methyl sites for hydroxylation is 1. The Kier molecular flexibility index (Phi) is 6.75. The molecule has 0 radical (unpaired) electrons. The zero-order valence-electron chi connectivity index (χ0n) is 17.2. The van der Waals surface area contributed by atoms with E-state index in [0.29, 0.717) is 10.6 Å². The van der Waals surface area contributed by atoms with Crippen molar-refractivity contribution in [1.29, 1.82) is 0 Å². The molecule has 1 saturated heterocycles. The summed E-state index contributed by atoms with van der Waals surface area (Å²) in [5, 5.41) is 7.66. The Hall–Kier alpha value is -1.48. The molecule has 1 aliphatic heterocycles. The average molecular weight is 423 g/mol. The largest absolute Gasteiger partial charge is 0.495 e. The van der Waals surface area contributed by atoms with Crippen molar-refractivity contribution < 1.29 is 8.95 Å². The van der Waals surface area contributed by atoms with Gasteiger partial charge in [-0.2, -0.15) is 0 Å². The Balaban J connectivity index is 1.87. The second kappa shape index (κ2) is 8.90. The van der Waals surface area contributed by atoms with E-state index in [-0.39, 0.29) is 11.6 Å². The molecule has 154 valence electrons. The monoisotopic (exact) mass is 422 g/mol. The third kappa shape index (κ3) is 5.31. The van der Waals surface area contributed by atoms with E-state index in [0.717, 1.165) is 47.2 Å². The van der Waals surface area contributed by atoms with Gasteiger partial charge in [0.25, 0.3) is 0 Å². The van der Waals surface area contributed by atoms with Gasteiger partial charge in [-0.25, -0.2) is 13.9 Å². The number of piperidine rings is 1. The predicted octanol–water partition coefficient (Wildman–Crippen LogP) is 3.70. The van der Waals surface area contributed by atoms with Gasteiger partial charge in [-0.15, -0.1) is 0 Å². The summed E-state index contributed by atoms with van der Waals surface area (Å²) in [6.07, 6.45) is 1.95. The molecule has 1 fully saturated rings. The van der Waals surface area contributed by atoms with Crippen molar-refractivity contribution in [3.63, 3.8) is 0 Å². The standard InChI is InChI=1S/C20H30N4O2S2/c1-13-18(27-19(22-13)23-20(2,3)4)14-6-7-16(26-5)17(12-14)28(25)24-15-8-10-21-11-9-15/h6-7,12,15,21,24H,8-11H2,1-5H3,(H,22,23). The Morgan fingerprint density at radius 2 is 2.00 bits per heavy atom. The molecular formula is C20H30N4O2S2. The van der Waals surface area contributed by atoms with Gasteiger partial charge in [0.05, 0.1) is 22.6 Å². The second-order valence-corrected chi connectivity index (χ2v) is 10.3. The fraction of sp³-hybridized carbons (Fsp3) is 0.550. The second-order valence-electron chi connectivity index (χ2n) is 8.09. The van der Waals surface area contributed by atoms with Crippen molar-refractivity contribution in [2.75, 3.05) is 25.5 Å². The average Bonchev–Trinajstić information content (AvgIpc) is 3.00. The lowest BCUT2D eigenvalue weighted by molar-refractivity contribution is 0.402. The van der Waals surface area contributed by atoms with E-state index in [2.05, 4.69) is 41.1 Å². The number of methoxy groups -OCH3 is 1. The van der Waals surface area contributed by atoms with Gasteiger partial charge in [0.15, 0.2) is 5.13 Å². The summed E-state index contributed by atoms with van der Waals surface area (Å²) < 4.78 is 21.8. The maximum absolute atomic E-state index is 13.0. The smallest absolute Gasteiger partial charge is 0.183 e. The molecule has 2 heterocycles. The number of benzene rings is 1. The Bertz CT molecular complexity index is 839. The summed E-state index contributed by atoms with van der Waals surface area (Å²) in [6, 6.07) is 6.11. The van der Waals surface area contributed by atoms with E-state index in [1.165, 1.54) is 0 Å². The summed E-state index contributed by atoms with van der Waals surface area (Å²) in [6.45, 7) is 10.3. The highest BCUT2D eigenvalue weighted by molar-refractivity contribution is 7.83. The van der Waals surface area contributed by atoms with Crippen LogP contribution in [0.1, 0.15) is 39.3 Å². The van der Waals surface area contributed by atoms with Crippen LogP contribution >= 0.6 is 11.3 Å². The van der Waals surface area contributed by atoms with Gasteiger partial charge in [0.1, 0.15) is 16.7 Å². The Morgan fingerprint density at radius 3 is 2.64 bits per heavy atom. The number of aromatic nitrogens is 1. The van der Waals surface area contributed by atoms with Crippen LogP contribution in [0.2, 0.25) is 0 Å². The highest BCUT2D eigenvalue weighted by atomic mass is 32.2. The summed E-state index contributed by atoms with van der Waals surface area (Å²) >= 11 is 1.62. The number of ether oxygens (including phenoxy) is 1. The third-order valence-corrected chi connectivity index (χ3v) is 6.90. The van der Waals surface area contributed by atoms with Crippen molar-refractivity contribution in [2.24, 2.45) is 0 Å². The quantitative estimate of drug-likeness (QED) is 0.662. The lowest BCUT2D eigenvalue weighted by atomic mass is 10.1. The van der Waals surface area contributed by atoms with Crippen LogP contribution in [-0.4, -0.2) is 41.0 Å². The number of hydrogen-bond donors (Lipinski definition) is 3. The van der Waals surface area contributed by atoms with Crippen LogP contribution < -0.4 is 20.1 Å². The van der Waals surface area contributed by atoms with Crippen molar-refractivity contribution in [3.05, 3.63) is 23.9 Å². The molecule has 1 aromatic heterocycles. The summed E-state index contributed by atoms with van der Waals surface area (Å²) in [7, 11) is 0.288. The topological polar surface area (TPSA) is 75.3 Å². The SMILES string of the molecule is COc1ccc(-c2sc(NC(C)(C)C)nc2C)cc1S(=O)NC1CCNCC1. The molecular weight excluding hydrogens is 392 g/mol. The number of nitrogens with one attached hydrogen (secondary N) is 3. The lowest BCUT2D eigenvalue weighted by Crippen LogP contribution is -2.40. The molecule has 1 aliphatic rings. The third-order valence-electron chi connectivity index (χ3n) is 4.52. The highest BCUT2D eigenvalue weighted by Gasteiger charge is 2.21. The van der Waals surface area contributed by atoms with Gasteiger partial charge >= 0.3 is 0 Å². The Morgan fingerprint density at radius 1 is 1.29 bits per heavy atom. The van der Waals surface area contributed by atoms with E-state index in [9.17, 15) is 4.21 Å². The van der Waals surface area contributed by atoms with E-state index >= 15 is 0 Å². The molecule has 0 saturated carbocycles. The first-order valence-electron chi connectivity index (χ1n) is 9.59. The van der Waals surface area contributed by atoms with E-state index in [4.69, 9.17) is 4.74 Å². The molecule has 0 amide bonds. The number of rotatable bonds is 6. The van der Waals surface area contributed by atoms with Crippen molar-refractivity contribution >= 4 is 27.5 Å². The number of thiazole rings is 1. The maximum Gasteiger partial charge on any atom is 0.183 e. The Labute approximate surface area is 174 Å². The summed E-state index contributed by atoms with van der Waals surface area (Å²) in [5.41, 5.74) is 1.92. The molecule has 8 heteroatoms. The van der Waals surface area contributed by atoms with Crippen LogP contribution in [0.3, 0.4) is 0 Å². The van der Waals surface area contributed by atoms with Crippen molar-refractivity contribution in [1.82, 2.24) is 15.0 Å². The van der Waals surface area contributed by atoms with Gasteiger partial charge in [0.2, 0.25) is 0 Å². The van der Waals surface area contributed by atoms with E-state index in [1.54, 1.807) is 18.4 Å². The molecule has 3 rings (SSSR count). The zero-order valence-corrected chi connectivity index (χ0v) is 18.9. The van der Waals surface area contributed by atoms with E-state index < -0.39 is 11.0 Å². The maximum atomic E-state index is 13.0. The normalized spacial score (nSPS) is 16.8. The van der Waals surface area contributed by atoms with E-state index in [1.807, 2.05) is 25.1 Å². The molecule has 0 aliphatic carbocycles. The summed E-state index contributed by atoms with van der Waals surface area (Å²) in [4.78, 5) is 6.42. The van der Waals surface area contributed by atoms with Gasteiger partial charge in [-0.1, -0.05) is 11.3 Å². The number of hydrogen-bond acceptors (Lipinski definition) is 6. The molecule has 2 aromatic rings. The molecule has 1 aromatic carbocycles. The van der Waals surface area contributed by atoms with Crippen molar-refractivity contribution in [2.45, 2.75) is 57.0 Å². The van der Waals surface area contributed by atoms with Crippen LogP contribution in [0.5, 0.6) is 5.75 Å². The van der Waals surface area contributed by atoms with Gasteiger partial charge in [-0.05, 0) is 77.4 Å². The van der Waals surface area contributed by atoms with Gasteiger partial charge < -0.3 is 15.4 Å². The number of nitrogens with zero attached hydrogens (tertiary/aromatic N) is 1. The van der Waals surface area contributed by atoms with Crippen LogP contribution in [0.15, 0.2) is 23.1 Å². The van der Waals surface area contributed by atoms with Crippen molar-refractivity contribution in [3.8, 4) is 16.2 Å². The lowest BCUT2D eigenvalue weighted by Gasteiger charge is -2.23. The molecule has 28 heavy (non-hydrogen) atoms. The van der Waals surface area contributed by atoms with Crippen LogP contribution in [-0.2, 0) is 11.0 Å². The molecule has 1 atom stereocenters. The minimum absolute atomic E-state index is 0.0487. The van der Waals surface area contributed by atoms with Crippen LogP contribution in [0.4, 0.5) is 5.13 Å². The molecule has 6 nitrogen and oxygen atoms in total. The van der Waals surface area contributed by atoms with Gasteiger partial charge in [0, 0.05) is 11.6 Å². The van der Waals surface area contributed by atoms with Gasteiger partial charge in [-0.3, -0.25) is 0 Å². The highest BCUT2D eigenvalue weighted by Crippen LogP contribution is 2.36. The summed E-state index contributed by atoms with van der Waals surface area (Å²) in [5.74, 6) is 0.638. The first-order valence-corrected chi connectivity index (χ1v) is 11.6. The zero-order chi connectivity index (χ0) is 20.3. The van der Waals surface area contributed by atoms with Crippen LogP contribution in [0.25, 0.3) is 10.4 Å². The fourth-order valence-corrected chi connectivity index (χ4v) is 5.56. The number of anilines is 1. The first kappa shape index (κ1) is 21.2. The minimum Gasteiger partial charge on any atom is -0.495 e.